The summed E-state index contributed by atoms with van der Waals surface area (Å²) < 4.78 is 28.4. The summed E-state index contributed by atoms with van der Waals surface area (Å²) in [6, 6.07) is 3.55. The highest BCUT2D eigenvalue weighted by Crippen LogP contribution is 2.38. The van der Waals surface area contributed by atoms with Gasteiger partial charge in [-0.2, -0.15) is 5.10 Å². The van der Waals surface area contributed by atoms with Crippen LogP contribution in [0.4, 0.5) is 14.5 Å². The molecule has 0 aliphatic carbocycles. The summed E-state index contributed by atoms with van der Waals surface area (Å²) in [5.41, 5.74) is 3.51. The zero-order valence-electron chi connectivity index (χ0n) is 11.6. The zero-order chi connectivity index (χ0) is 14.3. The number of alkyl halides is 2. The van der Waals surface area contributed by atoms with Crippen molar-refractivity contribution in [1.82, 2.24) is 9.78 Å². The zero-order valence-corrected chi connectivity index (χ0v) is 11.6. The predicted octanol–water partition coefficient (Wildman–Crippen LogP) is 3.41. The molecule has 0 atom stereocenters. The fourth-order valence-corrected chi connectivity index (χ4v) is 2.82. The number of halogens is 2. The minimum atomic E-state index is -2.48. The van der Waals surface area contributed by atoms with Crippen molar-refractivity contribution in [2.75, 3.05) is 18.5 Å². The van der Waals surface area contributed by atoms with E-state index in [2.05, 4.69) is 10.00 Å². The van der Waals surface area contributed by atoms with Gasteiger partial charge in [-0.05, 0) is 36.1 Å². The maximum atomic E-state index is 13.4. The Kier molecular flexibility index (Phi) is 3.20. The smallest absolute Gasteiger partial charge is 0.264 e. The van der Waals surface area contributed by atoms with Crippen LogP contribution in [0.3, 0.4) is 0 Å². The van der Waals surface area contributed by atoms with Gasteiger partial charge in [-0.3, -0.25) is 4.68 Å². The molecular weight excluding hydrogens is 260 g/mol. The number of hydrogen-bond acceptors (Lipinski definition) is 2. The number of fused-ring (bicyclic) bond motifs is 1. The van der Waals surface area contributed by atoms with E-state index in [9.17, 15) is 8.78 Å². The van der Waals surface area contributed by atoms with Crippen molar-refractivity contribution in [1.29, 1.82) is 0 Å². The molecular formula is C15H17F2N3. The molecule has 0 amide bonds. The summed E-state index contributed by atoms with van der Waals surface area (Å²) in [7, 11) is 3.74. The van der Waals surface area contributed by atoms with Gasteiger partial charge in [-0.1, -0.05) is 0 Å². The van der Waals surface area contributed by atoms with Gasteiger partial charge < -0.3 is 4.90 Å². The third-order valence-corrected chi connectivity index (χ3v) is 3.85. The van der Waals surface area contributed by atoms with Gasteiger partial charge in [0.15, 0.2) is 0 Å². The topological polar surface area (TPSA) is 21.1 Å². The van der Waals surface area contributed by atoms with Gasteiger partial charge in [-0.25, -0.2) is 8.78 Å². The molecule has 3 rings (SSSR count). The molecule has 1 aliphatic rings. The van der Waals surface area contributed by atoms with E-state index in [1.165, 1.54) is 0 Å². The van der Waals surface area contributed by atoms with E-state index in [0.29, 0.717) is 5.56 Å². The van der Waals surface area contributed by atoms with E-state index in [-0.39, 0.29) is 5.56 Å². The minimum absolute atomic E-state index is 0.0884. The normalized spacial score (nSPS) is 14.8. The number of benzene rings is 1. The van der Waals surface area contributed by atoms with Crippen LogP contribution in [0.5, 0.6) is 0 Å². The third kappa shape index (κ3) is 2.17. The van der Waals surface area contributed by atoms with Crippen molar-refractivity contribution >= 4 is 5.69 Å². The molecule has 0 N–H and O–H groups in total. The van der Waals surface area contributed by atoms with E-state index >= 15 is 0 Å². The molecule has 1 aromatic carbocycles. The minimum Gasteiger partial charge on any atom is -0.374 e. The molecule has 0 bridgehead atoms. The Morgan fingerprint density at radius 1 is 1.25 bits per heavy atom. The van der Waals surface area contributed by atoms with E-state index in [4.69, 9.17) is 0 Å². The Morgan fingerprint density at radius 3 is 2.70 bits per heavy atom. The Labute approximate surface area is 116 Å². The van der Waals surface area contributed by atoms with Crippen LogP contribution in [0.15, 0.2) is 24.5 Å². The van der Waals surface area contributed by atoms with Crippen LogP contribution in [0.2, 0.25) is 0 Å². The standard InChI is InChI=1S/C15H17F2N3/c1-19-5-3-4-10-6-12(11-8-18-20(2)9-11)13(15(16)17)7-14(10)19/h6-9,15H,3-5H2,1-2H3. The lowest BCUT2D eigenvalue weighted by Gasteiger charge is -2.29. The van der Waals surface area contributed by atoms with Crippen molar-refractivity contribution in [3.8, 4) is 11.1 Å². The summed E-state index contributed by atoms with van der Waals surface area (Å²) in [6.45, 7) is 0.919. The van der Waals surface area contributed by atoms with Crippen LogP contribution in [-0.4, -0.2) is 23.4 Å². The summed E-state index contributed by atoms with van der Waals surface area (Å²) >= 11 is 0. The van der Waals surface area contributed by atoms with E-state index in [0.717, 1.165) is 36.2 Å². The molecule has 5 heteroatoms. The first-order valence-corrected chi connectivity index (χ1v) is 6.71. The van der Waals surface area contributed by atoms with E-state index in [1.807, 2.05) is 13.1 Å². The highest BCUT2D eigenvalue weighted by Gasteiger charge is 2.22. The lowest BCUT2D eigenvalue weighted by molar-refractivity contribution is 0.152. The number of nitrogens with zero attached hydrogens (tertiary/aromatic N) is 3. The second-order valence-corrected chi connectivity index (χ2v) is 5.30. The molecule has 0 spiro atoms. The summed E-state index contributed by atoms with van der Waals surface area (Å²) in [6.07, 6.45) is 2.94. The Bertz CT molecular complexity index is 634. The Hall–Kier alpha value is -1.91. The van der Waals surface area contributed by atoms with Gasteiger partial charge in [0.2, 0.25) is 0 Å². The lowest BCUT2D eigenvalue weighted by atomic mass is 9.93. The SMILES string of the molecule is CN1CCCc2cc(-c3cnn(C)c3)c(C(F)F)cc21. The van der Waals surface area contributed by atoms with Crippen LogP contribution in [0.25, 0.3) is 11.1 Å². The van der Waals surface area contributed by atoms with Crippen LogP contribution in [0.1, 0.15) is 24.0 Å². The molecule has 0 saturated heterocycles. The van der Waals surface area contributed by atoms with Crippen molar-refractivity contribution in [2.45, 2.75) is 19.3 Å². The van der Waals surface area contributed by atoms with Gasteiger partial charge in [-0.15, -0.1) is 0 Å². The highest BCUT2D eigenvalue weighted by atomic mass is 19.3. The van der Waals surface area contributed by atoms with Crippen LogP contribution in [0, 0.1) is 0 Å². The first-order chi connectivity index (χ1) is 9.56. The Balaban J connectivity index is 2.18. The second-order valence-electron chi connectivity index (χ2n) is 5.30. The van der Waals surface area contributed by atoms with E-state index in [1.54, 1.807) is 30.2 Å². The molecule has 0 fully saturated rings. The number of hydrogen-bond donors (Lipinski definition) is 0. The molecule has 3 nitrogen and oxygen atoms in total. The maximum Gasteiger partial charge on any atom is 0.264 e. The van der Waals surface area contributed by atoms with Gasteiger partial charge in [0.25, 0.3) is 6.43 Å². The van der Waals surface area contributed by atoms with Crippen LogP contribution in [-0.2, 0) is 13.5 Å². The van der Waals surface area contributed by atoms with Gasteiger partial charge in [0.1, 0.15) is 0 Å². The molecule has 106 valence electrons. The average Bonchev–Trinajstić information content (AvgIpc) is 2.84. The van der Waals surface area contributed by atoms with Crippen molar-refractivity contribution < 1.29 is 8.78 Å². The fraction of sp³-hybridized carbons (Fsp3) is 0.400. The quantitative estimate of drug-likeness (QED) is 0.838. The monoisotopic (exact) mass is 277 g/mol. The first-order valence-electron chi connectivity index (χ1n) is 6.71. The van der Waals surface area contributed by atoms with E-state index < -0.39 is 6.43 Å². The molecule has 2 heterocycles. The van der Waals surface area contributed by atoms with Crippen molar-refractivity contribution in [2.24, 2.45) is 7.05 Å². The second kappa shape index (κ2) is 4.89. The fourth-order valence-electron chi connectivity index (χ4n) is 2.82. The molecule has 0 radical (unpaired) electrons. The van der Waals surface area contributed by atoms with Crippen LogP contribution < -0.4 is 4.90 Å². The van der Waals surface area contributed by atoms with Gasteiger partial charge in [0.05, 0.1) is 6.20 Å². The summed E-state index contributed by atoms with van der Waals surface area (Å²) in [5, 5.41) is 4.08. The maximum absolute atomic E-state index is 13.4. The molecule has 20 heavy (non-hydrogen) atoms. The van der Waals surface area contributed by atoms with Gasteiger partial charge in [0, 0.05) is 43.7 Å². The number of aryl methyl sites for hydroxylation is 2. The molecule has 1 aromatic heterocycles. The van der Waals surface area contributed by atoms with Crippen LogP contribution >= 0.6 is 0 Å². The Morgan fingerprint density at radius 2 is 2.05 bits per heavy atom. The van der Waals surface area contributed by atoms with Crippen molar-refractivity contribution in [3.05, 3.63) is 35.7 Å². The lowest BCUT2D eigenvalue weighted by Crippen LogP contribution is -2.25. The largest absolute Gasteiger partial charge is 0.374 e. The third-order valence-electron chi connectivity index (χ3n) is 3.85. The predicted molar refractivity (Wildman–Crippen MR) is 75.2 cm³/mol. The summed E-state index contributed by atoms with van der Waals surface area (Å²) in [5.74, 6) is 0. The average molecular weight is 277 g/mol. The molecule has 0 saturated carbocycles. The van der Waals surface area contributed by atoms with Crippen molar-refractivity contribution in [3.63, 3.8) is 0 Å². The number of aromatic nitrogens is 2. The number of anilines is 1. The number of rotatable bonds is 2. The van der Waals surface area contributed by atoms with Gasteiger partial charge >= 0.3 is 0 Å². The summed E-state index contributed by atoms with van der Waals surface area (Å²) in [4.78, 5) is 2.05. The highest BCUT2D eigenvalue weighted by molar-refractivity contribution is 5.73. The molecule has 0 unspecified atom stereocenters. The molecule has 1 aliphatic heterocycles. The first kappa shape index (κ1) is 13.1. The molecule has 2 aromatic rings.